The molecule has 2 aromatic carbocycles. The smallest absolute Gasteiger partial charge is 0.131 e. The molecule has 0 aliphatic heterocycles. The zero-order valence-electron chi connectivity index (χ0n) is 12.1. The predicted octanol–water partition coefficient (Wildman–Crippen LogP) is 4.11. The van der Waals surface area contributed by atoms with Crippen LogP contribution in [0, 0.1) is 5.41 Å². The van der Waals surface area contributed by atoms with E-state index in [1.807, 2.05) is 42.5 Å². The van der Waals surface area contributed by atoms with E-state index in [1.165, 1.54) is 5.56 Å². The highest BCUT2D eigenvalue weighted by atomic mass is 16.5. The van der Waals surface area contributed by atoms with Gasteiger partial charge in [0.05, 0.1) is 0 Å². The van der Waals surface area contributed by atoms with Crippen LogP contribution in [0.2, 0.25) is 0 Å². The van der Waals surface area contributed by atoms with Crippen LogP contribution in [0.25, 0.3) is 0 Å². The first-order valence-corrected chi connectivity index (χ1v) is 7.12. The number of rotatable bonds is 4. The Labute approximate surface area is 120 Å². The van der Waals surface area contributed by atoms with Crippen LogP contribution >= 0.6 is 0 Å². The molecule has 0 radical (unpaired) electrons. The lowest BCUT2D eigenvalue weighted by Gasteiger charge is -2.22. The van der Waals surface area contributed by atoms with Gasteiger partial charge in [0.15, 0.2) is 0 Å². The number of hydrogen-bond acceptors (Lipinski definition) is 2. The first-order valence-electron chi connectivity index (χ1n) is 7.12. The van der Waals surface area contributed by atoms with E-state index in [0.717, 1.165) is 17.9 Å². The molecule has 20 heavy (non-hydrogen) atoms. The minimum Gasteiger partial charge on any atom is -0.457 e. The maximum atomic E-state index is 6.08. The minimum absolute atomic E-state index is 0.0539. The summed E-state index contributed by atoms with van der Waals surface area (Å²) in [4.78, 5) is 0. The number of benzene rings is 2. The molecule has 0 aromatic heterocycles. The van der Waals surface area contributed by atoms with E-state index >= 15 is 0 Å². The molecule has 2 nitrogen and oxygen atoms in total. The van der Waals surface area contributed by atoms with Crippen LogP contribution in [-0.4, -0.2) is 6.54 Å². The summed E-state index contributed by atoms with van der Waals surface area (Å²) in [5.74, 6) is 1.79. The molecule has 2 aromatic rings. The van der Waals surface area contributed by atoms with Gasteiger partial charge >= 0.3 is 0 Å². The molecule has 0 saturated heterocycles. The Bertz CT molecular complexity index is 606. The van der Waals surface area contributed by atoms with E-state index in [2.05, 4.69) is 26.0 Å². The maximum Gasteiger partial charge on any atom is 0.131 e. The molecule has 0 heterocycles. The number of ether oxygens (including phenoxy) is 1. The first-order chi connectivity index (χ1) is 9.59. The summed E-state index contributed by atoms with van der Waals surface area (Å²) in [5.41, 5.74) is 7.62. The Kier molecular flexibility index (Phi) is 3.06. The quantitative estimate of drug-likeness (QED) is 0.905. The molecule has 0 bridgehead atoms. The van der Waals surface area contributed by atoms with Crippen molar-refractivity contribution in [2.75, 3.05) is 6.54 Å². The number of nitrogens with two attached hydrogens (primary N) is 1. The fourth-order valence-corrected chi connectivity index (χ4v) is 3.19. The van der Waals surface area contributed by atoms with E-state index in [0.29, 0.717) is 6.54 Å². The Morgan fingerprint density at radius 2 is 1.60 bits per heavy atom. The van der Waals surface area contributed by atoms with Crippen LogP contribution in [0.4, 0.5) is 0 Å². The standard InChI is InChI=1S/C18H21NO/c1-17(2)12-18(17,13-19)15-10-6-7-11-16(15)20-14-8-4-3-5-9-14/h3-11H,12-13,19H2,1-2H3. The molecule has 1 aliphatic carbocycles. The summed E-state index contributed by atoms with van der Waals surface area (Å²) < 4.78 is 6.08. The largest absolute Gasteiger partial charge is 0.457 e. The highest BCUT2D eigenvalue weighted by Crippen LogP contribution is 2.65. The second-order valence-electron chi connectivity index (χ2n) is 6.26. The lowest BCUT2D eigenvalue weighted by atomic mass is 9.87. The van der Waals surface area contributed by atoms with Gasteiger partial charge in [0.2, 0.25) is 0 Å². The molecule has 1 unspecified atom stereocenters. The normalized spacial score (nSPS) is 23.4. The minimum atomic E-state index is 0.0539. The molecular formula is C18H21NO. The van der Waals surface area contributed by atoms with Gasteiger partial charge in [0.25, 0.3) is 0 Å². The van der Waals surface area contributed by atoms with Gasteiger partial charge in [-0.15, -0.1) is 0 Å². The van der Waals surface area contributed by atoms with Gasteiger partial charge in [0, 0.05) is 17.5 Å². The highest BCUT2D eigenvalue weighted by Gasteiger charge is 2.62. The van der Waals surface area contributed by atoms with Gasteiger partial charge in [-0.1, -0.05) is 50.2 Å². The molecule has 2 N–H and O–H groups in total. The van der Waals surface area contributed by atoms with Crippen molar-refractivity contribution in [3.05, 3.63) is 60.2 Å². The molecule has 1 atom stereocenters. The van der Waals surface area contributed by atoms with Crippen molar-refractivity contribution < 1.29 is 4.74 Å². The zero-order valence-corrected chi connectivity index (χ0v) is 12.1. The molecule has 0 amide bonds. The van der Waals surface area contributed by atoms with Crippen molar-refractivity contribution in [2.45, 2.75) is 25.7 Å². The van der Waals surface area contributed by atoms with Crippen molar-refractivity contribution >= 4 is 0 Å². The average Bonchev–Trinajstić information content (AvgIpc) is 3.04. The summed E-state index contributed by atoms with van der Waals surface area (Å²) >= 11 is 0. The van der Waals surface area contributed by atoms with Crippen molar-refractivity contribution in [2.24, 2.45) is 11.1 Å². The van der Waals surface area contributed by atoms with Crippen LogP contribution in [-0.2, 0) is 5.41 Å². The van der Waals surface area contributed by atoms with Crippen molar-refractivity contribution in [3.8, 4) is 11.5 Å². The topological polar surface area (TPSA) is 35.2 Å². The summed E-state index contributed by atoms with van der Waals surface area (Å²) in [6, 6.07) is 18.2. The van der Waals surface area contributed by atoms with Crippen LogP contribution in [0.3, 0.4) is 0 Å². The van der Waals surface area contributed by atoms with Gasteiger partial charge in [-0.05, 0) is 30.0 Å². The van der Waals surface area contributed by atoms with Crippen LogP contribution < -0.4 is 10.5 Å². The van der Waals surface area contributed by atoms with E-state index in [4.69, 9.17) is 10.5 Å². The van der Waals surface area contributed by atoms with Gasteiger partial charge in [-0.25, -0.2) is 0 Å². The van der Waals surface area contributed by atoms with Gasteiger partial charge in [-0.2, -0.15) is 0 Å². The Morgan fingerprint density at radius 1 is 1.00 bits per heavy atom. The lowest BCUT2D eigenvalue weighted by Crippen LogP contribution is -2.25. The monoisotopic (exact) mass is 267 g/mol. The van der Waals surface area contributed by atoms with Gasteiger partial charge in [-0.3, -0.25) is 0 Å². The second kappa shape index (κ2) is 4.64. The molecule has 1 aliphatic rings. The van der Waals surface area contributed by atoms with Gasteiger partial charge in [0.1, 0.15) is 11.5 Å². The molecule has 104 valence electrons. The van der Waals surface area contributed by atoms with Crippen LogP contribution in [0.15, 0.2) is 54.6 Å². The summed E-state index contributed by atoms with van der Waals surface area (Å²) in [6.07, 6.45) is 1.12. The Balaban J connectivity index is 1.98. The molecule has 3 rings (SSSR count). The van der Waals surface area contributed by atoms with Crippen molar-refractivity contribution in [1.29, 1.82) is 0 Å². The third kappa shape index (κ3) is 2.01. The Morgan fingerprint density at radius 3 is 2.20 bits per heavy atom. The fraction of sp³-hybridized carbons (Fsp3) is 0.333. The first kappa shape index (κ1) is 13.2. The number of hydrogen-bond donors (Lipinski definition) is 1. The predicted molar refractivity (Wildman–Crippen MR) is 82.1 cm³/mol. The molecule has 0 spiro atoms. The van der Waals surface area contributed by atoms with E-state index in [9.17, 15) is 0 Å². The maximum absolute atomic E-state index is 6.08. The second-order valence-corrected chi connectivity index (χ2v) is 6.26. The van der Waals surface area contributed by atoms with E-state index < -0.39 is 0 Å². The molecular weight excluding hydrogens is 246 g/mol. The van der Waals surface area contributed by atoms with E-state index in [1.54, 1.807) is 0 Å². The summed E-state index contributed by atoms with van der Waals surface area (Å²) in [6.45, 7) is 5.22. The fourth-order valence-electron chi connectivity index (χ4n) is 3.19. The van der Waals surface area contributed by atoms with Crippen LogP contribution in [0.5, 0.6) is 11.5 Å². The Hall–Kier alpha value is -1.80. The molecule has 1 fully saturated rings. The molecule has 2 heteroatoms. The van der Waals surface area contributed by atoms with Crippen LogP contribution in [0.1, 0.15) is 25.8 Å². The van der Waals surface area contributed by atoms with E-state index in [-0.39, 0.29) is 10.8 Å². The third-order valence-corrected chi connectivity index (χ3v) is 4.64. The highest BCUT2D eigenvalue weighted by molar-refractivity contribution is 5.48. The zero-order chi connectivity index (χ0) is 14.2. The van der Waals surface area contributed by atoms with Gasteiger partial charge < -0.3 is 10.5 Å². The SMILES string of the molecule is CC1(C)CC1(CN)c1ccccc1Oc1ccccc1. The third-order valence-electron chi connectivity index (χ3n) is 4.64. The summed E-state index contributed by atoms with van der Waals surface area (Å²) in [7, 11) is 0. The number of para-hydroxylation sites is 2. The summed E-state index contributed by atoms with van der Waals surface area (Å²) in [5, 5.41) is 0. The molecule has 1 saturated carbocycles. The average molecular weight is 267 g/mol. The van der Waals surface area contributed by atoms with Crippen molar-refractivity contribution in [3.63, 3.8) is 0 Å². The van der Waals surface area contributed by atoms with Crippen molar-refractivity contribution in [1.82, 2.24) is 0 Å². The lowest BCUT2D eigenvalue weighted by molar-refractivity contribution is 0.444.